The third-order valence-corrected chi connectivity index (χ3v) is 12.9. The van der Waals surface area contributed by atoms with Gasteiger partial charge in [0, 0.05) is 57.9 Å². The van der Waals surface area contributed by atoms with Crippen LogP contribution in [-0.2, 0) is 20.0 Å². The number of nitrogens with zero attached hydrogens (tertiary/aromatic N) is 4. The summed E-state index contributed by atoms with van der Waals surface area (Å²) in [5.74, 6) is 0.636. The molecule has 2 fully saturated rings. The van der Waals surface area contributed by atoms with Crippen LogP contribution in [0.15, 0.2) is 88.7 Å². The largest absolute Gasteiger partial charge is 0.378 e. The fourth-order valence-electron chi connectivity index (χ4n) is 6.71. The van der Waals surface area contributed by atoms with Crippen LogP contribution in [0, 0.1) is 5.92 Å². The highest BCUT2D eigenvalue weighted by Crippen LogP contribution is 2.28. The Morgan fingerprint density at radius 1 is 0.711 bits per heavy atom. The number of sulfonamides is 2. The quantitative estimate of drug-likeness (QED) is 0.300. The molecule has 0 spiro atoms. The third-order valence-electron chi connectivity index (χ3n) is 9.16. The van der Waals surface area contributed by atoms with Crippen LogP contribution in [-0.4, -0.2) is 90.3 Å². The molecule has 1 saturated carbocycles. The molecule has 3 aromatic rings. The highest BCUT2D eigenvalue weighted by Gasteiger charge is 2.30. The molecule has 10 heteroatoms. The van der Waals surface area contributed by atoms with Crippen molar-refractivity contribution in [2.24, 2.45) is 5.92 Å². The van der Waals surface area contributed by atoms with Crippen molar-refractivity contribution in [3.63, 3.8) is 0 Å². The van der Waals surface area contributed by atoms with E-state index in [0.29, 0.717) is 42.8 Å². The van der Waals surface area contributed by atoms with Crippen molar-refractivity contribution in [2.45, 2.75) is 54.7 Å². The number of fused-ring (bicyclic) bond motifs is 1. The summed E-state index contributed by atoms with van der Waals surface area (Å²) in [4.78, 5) is 4.86. The Balaban J connectivity index is 1.45. The molecule has 0 bridgehead atoms. The molecular formula is C35H48N4O4S2. The van der Waals surface area contributed by atoms with Crippen molar-refractivity contribution in [3.05, 3.63) is 78.9 Å². The van der Waals surface area contributed by atoms with Gasteiger partial charge in [-0.1, -0.05) is 62.2 Å². The fourth-order valence-corrected chi connectivity index (χ4v) is 9.93. The van der Waals surface area contributed by atoms with Gasteiger partial charge in [-0.25, -0.2) is 16.8 Å². The zero-order valence-electron chi connectivity index (χ0n) is 26.8. The van der Waals surface area contributed by atoms with Crippen LogP contribution in [0.25, 0.3) is 10.8 Å². The topological polar surface area (TPSA) is 81.2 Å². The van der Waals surface area contributed by atoms with Gasteiger partial charge in [-0.15, -0.1) is 0 Å². The first-order valence-corrected chi connectivity index (χ1v) is 19.1. The molecule has 1 aliphatic heterocycles. The molecule has 0 atom stereocenters. The molecular weight excluding hydrogens is 605 g/mol. The Bertz CT molecular complexity index is 1660. The summed E-state index contributed by atoms with van der Waals surface area (Å²) in [6.45, 7) is 7.52. The van der Waals surface area contributed by atoms with E-state index >= 15 is 0 Å². The maximum atomic E-state index is 14.3. The fraction of sp³-hybridized carbons (Fsp3) is 0.486. The molecule has 244 valence electrons. The van der Waals surface area contributed by atoms with E-state index < -0.39 is 20.0 Å². The van der Waals surface area contributed by atoms with Gasteiger partial charge in [0.1, 0.15) is 0 Å². The van der Waals surface area contributed by atoms with Gasteiger partial charge in [-0.2, -0.15) is 8.61 Å². The SMILES string of the molecule is C=C1CN(S(=O)(=O)c2ccc(N(C)C)cc2)CCCN(CC2CCCCC2)CCCN(S(=O)(=O)c2cccc3ccccc23)C1. The molecule has 2 aliphatic rings. The van der Waals surface area contributed by atoms with Crippen molar-refractivity contribution in [1.29, 1.82) is 0 Å². The van der Waals surface area contributed by atoms with E-state index in [4.69, 9.17) is 0 Å². The van der Waals surface area contributed by atoms with Crippen LogP contribution in [0.4, 0.5) is 5.69 Å². The first kappa shape index (κ1) is 33.6. The van der Waals surface area contributed by atoms with E-state index in [9.17, 15) is 16.8 Å². The number of rotatable bonds is 7. The average molecular weight is 653 g/mol. The molecule has 0 aromatic heterocycles. The first-order valence-electron chi connectivity index (χ1n) is 16.2. The molecule has 0 amide bonds. The van der Waals surface area contributed by atoms with Gasteiger partial charge >= 0.3 is 0 Å². The molecule has 45 heavy (non-hydrogen) atoms. The number of anilines is 1. The summed E-state index contributed by atoms with van der Waals surface area (Å²) in [5.41, 5.74) is 1.46. The van der Waals surface area contributed by atoms with Crippen LogP contribution in [0.2, 0.25) is 0 Å². The Hall–Kier alpha value is -2.76. The molecule has 0 unspecified atom stereocenters. The molecule has 0 N–H and O–H groups in total. The lowest BCUT2D eigenvalue weighted by molar-refractivity contribution is 0.188. The van der Waals surface area contributed by atoms with E-state index in [0.717, 1.165) is 30.7 Å². The highest BCUT2D eigenvalue weighted by molar-refractivity contribution is 7.89. The summed E-state index contributed by atoms with van der Waals surface area (Å²) in [5, 5.41) is 1.55. The lowest BCUT2D eigenvalue weighted by atomic mass is 9.89. The van der Waals surface area contributed by atoms with Gasteiger partial charge in [0.2, 0.25) is 20.0 Å². The van der Waals surface area contributed by atoms with Gasteiger partial charge in [-0.3, -0.25) is 0 Å². The van der Waals surface area contributed by atoms with Gasteiger partial charge in [0.15, 0.2) is 0 Å². The summed E-state index contributed by atoms with van der Waals surface area (Å²) in [6.07, 6.45) is 7.66. The Labute approximate surface area is 270 Å². The maximum absolute atomic E-state index is 14.3. The molecule has 1 saturated heterocycles. The van der Waals surface area contributed by atoms with E-state index in [1.807, 2.05) is 61.5 Å². The predicted octanol–water partition coefficient (Wildman–Crippen LogP) is 5.82. The highest BCUT2D eigenvalue weighted by atomic mass is 32.2. The smallest absolute Gasteiger partial charge is 0.243 e. The Morgan fingerprint density at radius 2 is 1.31 bits per heavy atom. The first-order chi connectivity index (χ1) is 21.6. The summed E-state index contributed by atoms with van der Waals surface area (Å²) < 4.78 is 59.6. The maximum Gasteiger partial charge on any atom is 0.243 e. The summed E-state index contributed by atoms with van der Waals surface area (Å²) >= 11 is 0. The molecule has 1 aliphatic carbocycles. The normalized spacial score (nSPS) is 19.6. The van der Waals surface area contributed by atoms with Crippen LogP contribution in [0.5, 0.6) is 0 Å². The van der Waals surface area contributed by atoms with Crippen molar-refractivity contribution >= 4 is 36.5 Å². The minimum absolute atomic E-state index is 0.0553. The van der Waals surface area contributed by atoms with E-state index in [1.165, 1.54) is 40.7 Å². The molecule has 0 radical (unpaired) electrons. The van der Waals surface area contributed by atoms with Gasteiger partial charge in [0.05, 0.1) is 9.79 Å². The summed E-state index contributed by atoms with van der Waals surface area (Å²) in [6, 6.07) is 19.8. The lowest BCUT2D eigenvalue weighted by Gasteiger charge is -2.33. The Morgan fingerprint density at radius 3 is 1.96 bits per heavy atom. The zero-order chi connectivity index (χ0) is 32.0. The molecule has 1 heterocycles. The van der Waals surface area contributed by atoms with Crippen molar-refractivity contribution in [2.75, 3.05) is 64.8 Å². The predicted molar refractivity (Wildman–Crippen MR) is 184 cm³/mol. The standard InChI is InChI=1S/C35H48N4O4S2/c1-29-26-38(44(40,41)33-20-18-32(19-21-33)36(2)3)24-10-22-37(28-30-12-5-4-6-13-30)23-11-25-39(27-29)45(42,43)35-17-9-15-31-14-7-8-16-34(31)35/h7-9,14-21,30H,1,4-6,10-13,22-28H2,2-3H3. The number of benzene rings is 3. The molecule has 8 nitrogen and oxygen atoms in total. The minimum Gasteiger partial charge on any atom is -0.378 e. The van der Waals surface area contributed by atoms with Gasteiger partial charge < -0.3 is 9.80 Å². The van der Waals surface area contributed by atoms with Crippen molar-refractivity contribution < 1.29 is 16.8 Å². The lowest BCUT2D eigenvalue weighted by Crippen LogP contribution is -2.42. The molecule has 5 rings (SSSR count). The van der Waals surface area contributed by atoms with Crippen LogP contribution >= 0.6 is 0 Å². The van der Waals surface area contributed by atoms with Crippen LogP contribution < -0.4 is 4.90 Å². The zero-order valence-corrected chi connectivity index (χ0v) is 28.4. The number of hydrogen-bond acceptors (Lipinski definition) is 6. The van der Waals surface area contributed by atoms with Gasteiger partial charge in [-0.05, 0) is 86.0 Å². The second kappa shape index (κ2) is 14.8. The Kier molecular flexibility index (Phi) is 11.0. The number of hydrogen-bond donors (Lipinski definition) is 0. The average Bonchev–Trinajstić information content (AvgIpc) is 3.03. The second-order valence-electron chi connectivity index (χ2n) is 12.8. The van der Waals surface area contributed by atoms with E-state index in [-0.39, 0.29) is 22.9 Å². The van der Waals surface area contributed by atoms with Gasteiger partial charge in [0.25, 0.3) is 0 Å². The minimum atomic E-state index is -3.89. The van der Waals surface area contributed by atoms with Crippen LogP contribution in [0.1, 0.15) is 44.9 Å². The second-order valence-corrected chi connectivity index (χ2v) is 16.6. The third kappa shape index (κ3) is 8.16. The van der Waals surface area contributed by atoms with E-state index in [2.05, 4.69) is 11.5 Å². The van der Waals surface area contributed by atoms with Crippen molar-refractivity contribution in [1.82, 2.24) is 13.5 Å². The van der Waals surface area contributed by atoms with Crippen molar-refractivity contribution in [3.8, 4) is 0 Å². The molecule has 3 aromatic carbocycles. The summed E-state index contributed by atoms with van der Waals surface area (Å²) in [7, 11) is -3.89. The monoisotopic (exact) mass is 652 g/mol. The van der Waals surface area contributed by atoms with Crippen LogP contribution in [0.3, 0.4) is 0 Å². The van der Waals surface area contributed by atoms with E-state index in [1.54, 1.807) is 24.3 Å².